The largest absolute Gasteiger partial charge is 0.469 e. The molecule has 1 amide bonds. The van der Waals surface area contributed by atoms with Crippen LogP contribution in [0.15, 0.2) is 0 Å². The number of hydrogen-bond acceptors (Lipinski definition) is 6. The lowest BCUT2D eigenvalue weighted by Gasteiger charge is -2.34. The van der Waals surface area contributed by atoms with Gasteiger partial charge in [0.1, 0.15) is 6.61 Å². The normalized spacial score (nSPS) is 16.2. The van der Waals surface area contributed by atoms with Gasteiger partial charge in [-0.15, -0.1) is 0 Å². The number of hydrogen-bond donors (Lipinski definition) is 0. The van der Waals surface area contributed by atoms with E-state index in [2.05, 4.69) is 9.64 Å². The Labute approximate surface area is 119 Å². The molecule has 0 aromatic carbocycles. The van der Waals surface area contributed by atoms with Crippen molar-refractivity contribution in [3.05, 3.63) is 0 Å². The summed E-state index contributed by atoms with van der Waals surface area (Å²) >= 11 is 0. The van der Waals surface area contributed by atoms with Crippen molar-refractivity contribution < 1.29 is 23.8 Å². The van der Waals surface area contributed by atoms with Crippen LogP contribution in [0, 0.1) is 0 Å². The van der Waals surface area contributed by atoms with Gasteiger partial charge in [0.15, 0.2) is 0 Å². The van der Waals surface area contributed by atoms with Crippen LogP contribution in [0.5, 0.6) is 0 Å². The summed E-state index contributed by atoms with van der Waals surface area (Å²) in [5, 5.41) is 0. The zero-order valence-electron chi connectivity index (χ0n) is 12.3. The van der Waals surface area contributed by atoms with Crippen molar-refractivity contribution in [2.75, 3.05) is 66.8 Å². The average Bonchev–Trinajstić information content (AvgIpc) is 2.49. The number of carbonyl (C=O) groups excluding carboxylic acids is 2. The van der Waals surface area contributed by atoms with E-state index >= 15 is 0 Å². The van der Waals surface area contributed by atoms with Crippen LogP contribution in [0.3, 0.4) is 0 Å². The molecule has 1 fully saturated rings. The SMILES string of the molecule is COCCOCC(=O)N1CCN(CCC(=O)OC)CC1. The number of piperazine rings is 1. The first-order valence-electron chi connectivity index (χ1n) is 6.81. The van der Waals surface area contributed by atoms with Gasteiger partial charge < -0.3 is 19.1 Å². The van der Waals surface area contributed by atoms with E-state index in [4.69, 9.17) is 9.47 Å². The van der Waals surface area contributed by atoms with Crippen molar-refractivity contribution in [1.82, 2.24) is 9.80 Å². The number of nitrogens with zero attached hydrogens (tertiary/aromatic N) is 2. The van der Waals surface area contributed by atoms with E-state index in [-0.39, 0.29) is 18.5 Å². The standard InChI is InChI=1S/C13H24N2O5/c1-18-9-10-20-11-12(16)15-7-5-14(6-8-15)4-3-13(17)19-2/h3-11H2,1-2H3. The highest BCUT2D eigenvalue weighted by Gasteiger charge is 2.21. The van der Waals surface area contributed by atoms with Gasteiger partial charge >= 0.3 is 5.97 Å². The van der Waals surface area contributed by atoms with Crippen LogP contribution in [0.2, 0.25) is 0 Å². The Balaban J connectivity index is 2.14. The molecule has 7 nitrogen and oxygen atoms in total. The molecule has 0 atom stereocenters. The first-order chi connectivity index (χ1) is 9.67. The van der Waals surface area contributed by atoms with E-state index in [1.54, 1.807) is 12.0 Å². The van der Waals surface area contributed by atoms with Crippen LogP contribution >= 0.6 is 0 Å². The number of amides is 1. The first-order valence-corrected chi connectivity index (χ1v) is 6.81. The Kier molecular flexibility index (Phi) is 8.17. The molecule has 116 valence electrons. The van der Waals surface area contributed by atoms with Crippen LogP contribution in [-0.2, 0) is 23.8 Å². The second-order valence-electron chi connectivity index (χ2n) is 4.59. The van der Waals surface area contributed by atoms with Gasteiger partial charge in [-0.2, -0.15) is 0 Å². The van der Waals surface area contributed by atoms with E-state index in [0.717, 1.165) is 13.1 Å². The highest BCUT2D eigenvalue weighted by molar-refractivity contribution is 5.77. The number of carbonyl (C=O) groups is 2. The van der Waals surface area contributed by atoms with Gasteiger partial charge in [0.2, 0.25) is 5.91 Å². The monoisotopic (exact) mass is 288 g/mol. The summed E-state index contributed by atoms with van der Waals surface area (Å²) in [4.78, 5) is 26.9. The van der Waals surface area contributed by atoms with Crippen molar-refractivity contribution >= 4 is 11.9 Å². The second kappa shape index (κ2) is 9.68. The molecule has 7 heteroatoms. The maximum absolute atomic E-state index is 11.8. The van der Waals surface area contributed by atoms with Gasteiger partial charge in [-0.1, -0.05) is 0 Å². The van der Waals surface area contributed by atoms with Gasteiger partial charge in [-0.25, -0.2) is 0 Å². The molecule has 20 heavy (non-hydrogen) atoms. The Bertz CT molecular complexity index is 303. The van der Waals surface area contributed by atoms with Crippen molar-refractivity contribution in [2.24, 2.45) is 0 Å². The van der Waals surface area contributed by atoms with E-state index in [9.17, 15) is 9.59 Å². The molecule has 1 heterocycles. The average molecular weight is 288 g/mol. The quantitative estimate of drug-likeness (QED) is 0.437. The fourth-order valence-corrected chi connectivity index (χ4v) is 1.97. The maximum Gasteiger partial charge on any atom is 0.306 e. The summed E-state index contributed by atoms with van der Waals surface area (Å²) in [6.07, 6.45) is 0.393. The summed E-state index contributed by atoms with van der Waals surface area (Å²) in [6, 6.07) is 0. The summed E-state index contributed by atoms with van der Waals surface area (Å²) in [5.74, 6) is -0.191. The molecule has 0 aromatic heterocycles. The Morgan fingerprint density at radius 3 is 2.35 bits per heavy atom. The predicted molar refractivity (Wildman–Crippen MR) is 72.3 cm³/mol. The molecule has 0 aliphatic carbocycles. The van der Waals surface area contributed by atoms with Crippen molar-refractivity contribution in [3.63, 3.8) is 0 Å². The molecule has 0 radical (unpaired) electrons. The molecule has 0 aromatic rings. The molecule has 0 N–H and O–H groups in total. The third kappa shape index (κ3) is 6.31. The van der Waals surface area contributed by atoms with Gasteiger partial charge in [-0.3, -0.25) is 14.5 Å². The van der Waals surface area contributed by atoms with Gasteiger partial charge in [0.25, 0.3) is 0 Å². The zero-order valence-corrected chi connectivity index (χ0v) is 12.3. The Morgan fingerprint density at radius 1 is 1.05 bits per heavy atom. The molecule has 1 rings (SSSR count). The maximum atomic E-state index is 11.8. The van der Waals surface area contributed by atoms with Gasteiger partial charge in [0.05, 0.1) is 26.7 Å². The molecule has 0 saturated carbocycles. The summed E-state index contributed by atoms with van der Waals surface area (Å²) in [5.41, 5.74) is 0. The number of methoxy groups -OCH3 is 2. The van der Waals surface area contributed by atoms with E-state index in [1.807, 2.05) is 0 Å². The third-order valence-corrected chi connectivity index (χ3v) is 3.24. The van der Waals surface area contributed by atoms with E-state index in [1.165, 1.54) is 7.11 Å². The number of rotatable bonds is 8. The number of ether oxygens (including phenoxy) is 3. The molecule has 1 aliphatic heterocycles. The summed E-state index contributed by atoms with van der Waals surface area (Å²) < 4.78 is 14.7. The summed E-state index contributed by atoms with van der Waals surface area (Å²) in [6.45, 7) is 4.61. The Hall–Kier alpha value is -1.18. The van der Waals surface area contributed by atoms with Crippen molar-refractivity contribution in [2.45, 2.75) is 6.42 Å². The van der Waals surface area contributed by atoms with Crippen molar-refractivity contribution in [1.29, 1.82) is 0 Å². The van der Waals surface area contributed by atoms with Crippen LogP contribution < -0.4 is 0 Å². The van der Waals surface area contributed by atoms with Crippen LogP contribution in [-0.4, -0.2) is 88.4 Å². The van der Waals surface area contributed by atoms with Crippen molar-refractivity contribution in [3.8, 4) is 0 Å². The lowest BCUT2D eigenvalue weighted by molar-refractivity contribution is -0.142. The smallest absolute Gasteiger partial charge is 0.306 e. The summed E-state index contributed by atoms with van der Waals surface area (Å²) in [7, 11) is 2.99. The molecule has 1 aliphatic rings. The minimum absolute atomic E-state index is 0.00807. The molecule has 0 spiro atoms. The van der Waals surface area contributed by atoms with Crippen LogP contribution in [0.1, 0.15) is 6.42 Å². The lowest BCUT2D eigenvalue weighted by Crippen LogP contribution is -2.50. The molecule has 1 saturated heterocycles. The highest BCUT2D eigenvalue weighted by atomic mass is 16.5. The van der Waals surface area contributed by atoms with Gasteiger partial charge in [-0.05, 0) is 0 Å². The zero-order chi connectivity index (χ0) is 14.8. The van der Waals surface area contributed by atoms with E-state index in [0.29, 0.717) is 39.3 Å². The fraction of sp³-hybridized carbons (Fsp3) is 0.846. The third-order valence-electron chi connectivity index (χ3n) is 3.24. The van der Waals surface area contributed by atoms with E-state index < -0.39 is 0 Å². The Morgan fingerprint density at radius 2 is 1.75 bits per heavy atom. The minimum Gasteiger partial charge on any atom is -0.469 e. The van der Waals surface area contributed by atoms with Crippen LogP contribution in [0.4, 0.5) is 0 Å². The highest BCUT2D eigenvalue weighted by Crippen LogP contribution is 2.03. The first kappa shape index (κ1) is 16.9. The fourth-order valence-electron chi connectivity index (χ4n) is 1.97. The topological polar surface area (TPSA) is 68.3 Å². The lowest BCUT2D eigenvalue weighted by atomic mass is 10.3. The molecular formula is C13H24N2O5. The molecule has 0 bridgehead atoms. The van der Waals surface area contributed by atoms with Crippen LogP contribution in [0.25, 0.3) is 0 Å². The number of esters is 1. The molecule has 0 unspecified atom stereocenters. The molecular weight excluding hydrogens is 264 g/mol. The minimum atomic E-state index is -0.199. The van der Waals surface area contributed by atoms with Gasteiger partial charge in [0, 0.05) is 39.8 Å². The second-order valence-corrected chi connectivity index (χ2v) is 4.59. The predicted octanol–water partition coefficient (Wildman–Crippen LogP) is -0.643.